The minimum absolute atomic E-state index is 0.0233. The highest BCUT2D eigenvalue weighted by Crippen LogP contribution is 2.25. The van der Waals surface area contributed by atoms with Crippen LogP contribution < -0.4 is 4.74 Å². The molecule has 0 aliphatic carbocycles. The van der Waals surface area contributed by atoms with Crippen molar-refractivity contribution in [3.8, 4) is 11.8 Å². The quantitative estimate of drug-likeness (QED) is 0.589. The van der Waals surface area contributed by atoms with Crippen molar-refractivity contribution in [2.75, 3.05) is 6.61 Å². The van der Waals surface area contributed by atoms with E-state index in [1.54, 1.807) is 18.2 Å². The van der Waals surface area contributed by atoms with Gasteiger partial charge in [0.15, 0.2) is 5.78 Å². The zero-order valence-electron chi connectivity index (χ0n) is 6.91. The molecule has 0 saturated heterocycles. The third kappa shape index (κ3) is 1.27. The molecule has 13 heavy (non-hydrogen) atoms. The SMILES string of the molecule is N#Cc1cccc2c1CC(=O)CO2. The predicted molar refractivity (Wildman–Crippen MR) is 45.4 cm³/mol. The normalized spacial score (nSPS) is 14.2. The van der Waals surface area contributed by atoms with Gasteiger partial charge in [0.1, 0.15) is 12.4 Å². The van der Waals surface area contributed by atoms with Crippen LogP contribution in [0.4, 0.5) is 0 Å². The predicted octanol–water partition coefficient (Wildman–Crippen LogP) is 1.06. The van der Waals surface area contributed by atoms with Gasteiger partial charge in [-0.3, -0.25) is 4.79 Å². The van der Waals surface area contributed by atoms with E-state index in [9.17, 15) is 4.79 Å². The lowest BCUT2D eigenvalue weighted by Gasteiger charge is -2.16. The van der Waals surface area contributed by atoms with E-state index in [4.69, 9.17) is 10.00 Å². The van der Waals surface area contributed by atoms with Gasteiger partial charge in [0, 0.05) is 12.0 Å². The number of fused-ring (bicyclic) bond motifs is 1. The van der Waals surface area contributed by atoms with Crippen molar-refractivity contribution >= 4 is 5.78 Å². The third-order valence-corrected chi connectivity index (χ3v) is 2.02. The van der Waals surface area contributed by atoms with Gasteiger partial charge in [-0.1, -0.05) is 6.07 Å². The van der Waals surface area contributed by atoms with E-state index in [2.05, 4.69) is 0 Å². The van der Waals surface area contributed by atoms with Gasteiger partial charge in [0.05, 0.1) is 11.6 Å². The second-order valence-corrected chi connectivity index (χ2v) is 2.90. The monoisotopic (exact) mass is 173 g/mol. The number of hydrogen-bond acceptors (Lipinski definition) is 3. The molecule has 0 N–H and O–H groups in total. The van der Waals surface area contributed by atoms with Crippen molar-refractivity contribution < 1.29 is 9.53 Å². The van der Waals surface area contributed by atoms with Crippen LogP contribution in [0.3, 0.4) is 0 Å². The van der Waals surface area contributed by atoms with Crippen molar-refractivity contribution in [3.63, 3.8) is 0 Å². The summed E-state index contributed by atoms with van der Waals surface area (Å²) in [6, 6.07) is 7.28. The number of nitriles is 1. The summed E-state index contributed by atoms with van der Waals surface area (Å²) < 4.78 is 5.18. The van der Waals surface area contributed by atoms with Crippen molar-refractivity contribution in [2.45, 2.75) is 6.42 Å². The summed E-state index contributed by atoms with van der Waals surface area (Å²) in [7, 11) is 0. The van der Waals surface area contributed by atoms with Crippen LogP contribution in [-0.4, -0.2) is 12.4 Å². The van der Waals surface area contributed by atoms with E-state index in [0.29, 0.717) is 17.7 Å². The molecular formula is C10H7NO2. The maximum Gasteiger partial charge on any atom is 0.174 e. The summed E-state index contributed by atoms with van der Waals surface area (Å²) in [4.78, 5) is 11.1. The first-order valence-corrected chi connectivity index (χ1v) is 3.98. The standard InChI is InChI=1S/C10H7NO2/c11-5-7-2-1-3-10-9(7)4-8(12)6-13-10/h1-3H,4,6H2. The molecule has 0 unspecified atom stereocenters. The van der Waals surface area contributed by atoms with Gasteiger partial charge in [0.2, 0.25) is 0 Å². The van der Waals surface area contributed by atoms with Gasteiger partial charge in [-0.2, -0.15) is 5.26 Å². The van der Waals surface area contributed by atoms with E-state index in [-0.39, 0.29) is 12.4 Å². The highest BCUT2D eigenvalue weighted by molar-refractivity contribution is 5.85. The van der Waals surface area contributed by atoms with Crippen LogP contribution in [0.5, 0.6) is 5.75 Å². The van der Waals surface area contributed by atoms with E-state index in [1.807, 2.05) is 6.07 Å². The molecule has 3 nitrogen and oxygen atoms in total. The summed E-state index contributed by atoms with van der Waals surface area (Å²) in [5.74, 6) is 0.689. The summed E-state index contributed by atoms with van der Waals surface area (Å²) in [5.41, 5.74) is 1.26. The average molecular weight is 173 g/mol. The van der Waals surface area contributed by atoms with Crippen LogP contribution in [0.25, 0.3) is 0 Å². The fourth-order valence-electron chi connectivity index (χ4n) is 1.39. The first kappa shape index (κ1) is 7.81. The summed E-state index contributed by atoms with van der Waals surface area (Å²) in [5, 5.41) is 8.76. The Morgan fingerprint density at radius 1 is 1.46 bits per heavy atom. The van der Waals surface area contributed by atoms with Crippen LogP contribution in [0, 0.1) is 11.3 Å². The second kappa shape index (κ2) is 2.91. The van der Waals surface area contributed by atoms with E-state index in [0.717, 1.165) is 5.56 Å². The number of ketones is 1. The number of carbonyl (C=O) groups is 1. The Morgan fingerprint density at radius 2 is 2.31 bits per heavy atom. The average Bonchev–Trinajstić information content (AvgIpc) is 2.17. The second-order valence-electron chi connectivity index (χ2n) is 2.90. The number of Topliss-reactive ketones (excluding diaryl/α,β-unsaturated/α-hetero) is 1. The lowest BCUT2D eigenvalue weighted by atomic mass is 10.0. The van der Waals surface area contributed by atoms with Crippen LogP contribution in [0.15, 0.2) is 18.2 Å². The highest BCUT2D eigenvalue weighted by atomic mass is 16.5. The number of hydrogen-bond donors (Lipinski definition) is 0. The zero-order valence-corrected chi connectivity index (χ0v) is 6.91. The molecule has 0 radical (unpaired) electrons. The minimum atomic E-state index is 0.0233. The third-order valence-electron chi connectivity index (χ3n) is 2.02. The maximum atomic E-state index is 11.1. The Hall–Kier alpha value is -1.82. The molecule has 64 valence electrons. The smallest absolute Gasteiger partial charge is 0.174 e. The summed E-state index contributed by atoms with van der Waals surface area (Å²) in [6.07, 6.45) is 0.319. The Morgan fingerprint density at radius 3 is 3.08 bits per heavy atom. The molecule has 3 heteroatoms. The Bertz CT molecular complexity index is 404. The van der Waals surface area contributed by atoms with Crippen molar-refractivity contribution in [1.29, 1.82) is 5.26 Å². The fourth-order valence-corrected chi connectivity index (χ4v) is 1.39. The van der Waals surface area contributed by atoms with Crippen LogP contribution in [0.1, 0.15) is 11.1 Å². The van der Waals surface area contributed by atoms with Gasteiger partial charge < -0.3 is 4.74 Å². The molecule has 1 aromatic carbocycles. The maximum absolute atomic E-state index is 11.1. The molecule has 0 bridgehead atoms. The molecule has 1 aliphatic rings. The highest BCUT2D eigenvalue weighted by Gasteiger charge is 2.19. The molecule has 0 amide bonds. The van der Waals surface area contributed by atoms with Gasteiger partial charge >= 0.3 is 0 Å². The zero-order chi connectivity index (χ0) is 9.26. The van der Waals surface area contributed by atoms with Crippen LogP contribution >= 0.6 is 0 Å². The van der Waals surface area contributed by atoms with Crippen LogP contribution in [-0.2, 0) is 11.2 Å². The molecule has 1 aromatic rings. The summed E-state index contributed by atoms with van der Waals surface area (Å²) in [6.45, 7) is 0.127. The van der Waals surface area contributed by atoms with Gasteiger partial charge in [-0.05, 0) is 12.1 Å². The molecular weight excluding hydrogens is 166 g/mol. The first-order chi connectivity index (χ1) is 6.31. The molecule has 1 heterocycles. The molecule has 2 rings (SSSR count). The largest absolute Gasteiger partial charge is 0.485 e. The molecule has 0 atom stereocenters. The molecule has 0 fully saturated rings. The first-order valence-electron chi connectivity index (χ1n) is 3.98. The van der Waals surface area contributed by atoms with E-state index in [1.165, 1.54) is 0 Å². The Kier molecular flexibility index (Phi) is 1.75. The molecule has 0 spiro atoms. The van der Waals surface area contributed by atoms with Crippen molar-refractivity contribution in [3.05, 3.63) is 29.3 Å². The minimum Gasteiger partial charge on any atom is -0.485 e. The van der Waals surface area contributed by atoms with Gasteiger partial charge in [-0.15, -0.1) is 0 Å². The lowest BCUT2D eigenvalue weighted by Crippen LogP contribution is -2.20. The topological polar surface area (TPSA) is 50.1 Å². The molecule has 0 aromatic heterocycles. The van der Waals surface area contributed by atoms with Crippen LogP contribution in [0.2, 0.25) is 0 Å². The number of carbonyl (C=O) groups excluding carboxylic acids is 1. The van der Waals surface area contributed by atoms with Crippen molar-refractivity contribution in [2.24, 2.45) is 0 Å². The van der Waals surface area contributed by atoms with Gasteiger partial charge in [-0.25, -0.2) is 0 Å². The Balaban J connectivity index is 2.54. The van der Waals surface area contributed by atoms with E-state index >= 15 is 0 Å². The number of rotatable bonds is 0. The Labute approximate surface area is 75.6 Å². The van der Waals surface area contributed by atoms with Crippen molar-refractivity contribution in [1.82, 2.24) is 0 Å². The number of benzene rings is 1. The molecule has 1 aliphatic heterocycles. The van der Waals surface area contributed by atoms with Gasteiger partial charge in [0.25, 0.3) is 0 Å². The van der Waals surface area contributed by atoms with E-state index < -0.39 is 0 Å². The number of nitrogens with zero attached hydrogens (tertiary/aromatic N) is 1. The number of ether oxygens (including phenoxy) is 1. The fraction of sp³-hybridized carbons (Fsp3) is 0.200. The lowest BCUT2D eigenvalue weighted by molar-refractivity contribution is -0.121. The summed E-state index contributed by atoms with van der Waals surface area (Å²) >= 11 is 0. The molecule has 0 saturated carbocycles.